The van der Waals surface area contributed by atoms with E-state index in [1.54, 1.807) is 0 Å². The lowest BCUT2D eigenvalue weighted by Crippen LogP contribution is -2.50. The lowest BCUT2D eigenvalue weighted by Gasteiger charge is -2.41. The lowest BCUT2D eigenvalue weighted by molar-refractivity contribution is -0.140. The highest BCUT2D eigenvalue weighted by Gasteiger charge is 2.32. The summed E-state index contributed by atoms with van der Waals surface area (Å²) in [4.78, 5) is 15.8. The molecule has 2 fully saturated rings. The molecule has 35 heavy (non-hydrogen) atoms. The second kappa shape index (κ2) is 10.8. The van der Waals surface area contributed by atoms with Crippen LogP contribution in [0.5, 0.6) is 5.88 Å². The first kappa shape index (κ1) is 23.8. The van der Waals surface area contributed by atoms with Crippen molar-refractivity contribution >= 4 is 16.7 Å². The highest BCUT2D eigenvalue weighted by Crippen LogP contribution is 2.34. The Morgan fingerprint density at radius 3 is 2.14 bits per heavy atom. The molecule has 2 saturated carbocycles. The van der Waals surface area contributed by atoms with Gasteiger partial charge in [0.15, 0.2) is 6.61 Å². The van der Waals surface area contributed by atoms with Gasteiger partial charge in [-0.25, -0.2) is 0 Å². The van der Waals surface area contributed by atoms with Gasteiger partial charge in [0.05, 0.1) is 0 Å². The van der Waals surface area contributed by atoms with Gasteiger partial charge >= 0.3 is 0 Å². The summed E-state index contributed by atoms with van der Waals surface area (Å²) >= 11 is 0. The Balaban J connectivity index is 1.40. The van der Waals surface area contributed by atoms with Gasteiger partial charge in [0.2, 0.25) is 5.88 Å². The van der Waals surface area contributed by atoms with Crippen LogP contribution >= 0.6 is 0 Å². The van der Waals surface area contributed by atoms with E-state index in [9.17, 15) is 4.79 Å². The Kier molecular flexibility index (Phi) is 7.31. The first-order chi connectivity index (χ1) is 17.1. The highest BCUT2D eigenvalue weighted by atomic mass is 16.5. The normalized spacial score (nSPS) is 17.4. The Labute approximate surface area is 208 Å². The van der Waals surface area contributed by atoms with Crippen molar-refractivity contribution in [3.05, 3.63) is 53.6 Å². The number of carbonyl (C=O) groups excluding carboxylic acids is 1. The Morgan fingerprint density at radius 1 is 0.857 bits per heavy atom. The molecular weight excluding hydrogens is 434 g/mol. The maximum Gasteiger partial charge on any atom is 0.261 e. The number of aromatic nitrogens is 2. The van der Waals surface area contributed by atoms with Crippen molar-refractivity contribution in [2.45, 2.75) is 90.1 Å². The van der Waals surface area contributed by atoms with Gasteiger partial charge in [-0.1, -0.05) is 74.4 Å². The average Bonchev–Trinajstić information content (AvgIpc) is 2.90. The summed E-state index contributed by atoms with van der Waals surface area (Å²) in [7, 11) is 0. The zero-order chi connectivity index (χ0) is 24.2. The van der Waals surface area contributed by atoms with Crippen LogP contribution in [0.3, 0.4) is 0 Å². The maximum absolute atomic E-state index is 13.6. The first-order valence-corrected chi connectivity index (χ1v) is 13.4. The molecular formula is C30H37N3O2. The molecule has 1 heterocycles. The summed E-state index contributed by atoms with van der Waals surface area (Å²) < 4.78 is 6.12. The van der Waals surface area contributed by atoms with Gasteiger partial charge in [0.25, 0.3) is 5.91 Å². The van der Waals surface area contributed by atoms with Crippen molar-refractivity contribution in [2.24, 2.45) is 0 Å². The van der Waals surface area contributed by atoms with E-state index in [4.69, 9.17) is 4.74 Å². The summed E-state index contributed by atoms with van der Waals surface area (Å²) in [5.74, 6) is 0.545. The molecule has 0 radical (unpaired) electrons. The minimum absolute atomic E-state index is 0.0223. The number of fused-ring (bicyclic) bond motifs is 1. The highest BCUT2D eigenvalue weighted by molar-refractivity contribution is 5.97. The van der Waals surface area contributed by atoms with Gasteiger partial charge < -0.3 is 9.64 Å². The van der Waals surface area contributed by atoms with E-state index in [-0.39, 0.29) is 12.5 Å². The van der Waals surface area contributed by atoms with Crippen molar-refractivity contribution in [3.63, 3.8) is 0 Å². The topological polar surface area (TPSA) is 55.3 Å². The number of nitrogens with zero attached hydrogens (tertiary/aromatic N) is 3. The third-order valence-electron chi connectivity index (χ3n) is 7.86. The predicted octanol–water partition coefficient (Wildman–Crippen LogP) is 6.79. The molecule has 0 N–H and O–H groups in total. The number of amides is 1. The molecule has 1 amide bonds. The largest absolute Gasteiger partial charge is 0.466 e. The van der Waals surface area contributed by atoms with Crippen LogP contribution in [0.1, 0.15) is 75.3 Å². The summed E-state index contributed by atoms with van der Waals surface area (Å²) in [5.41, 5.74) is 4.28. The molecule has 0 spiro atoms. The van der Waals surface area contributed by atoms with Gasteiger partial charge in [-0.3, -0.25) is 4.79 Å². The van der Waals surface area contributed by atoms with E-state index in [1.807, 2.05) is 18.2 Å². The molecule has 2 aliphatic carbocycles. The van der Waals surface area contributed by atoms with Crippen LogP contribution < -0.4 is 4.74 Å². The number of ether oxygens (including phenoxy) is 1. The number of carbonyl (C=O) groups is 1. The third kappa shape index (κ3) is 5.19. The molecule has 0 aliphatic heterocycles. The number of rotatable bonds is 6. The standard InChI is InChI=1S/C30H37N3O2/c1-21-17-18-22(2)27(19-21)29-25-15-9-10-16-26(25)30(32-31-29)35-20-28(34)33(23-11-5-3-6-12-23)24-13-7-4-8-14-24/h9-10,15-19,23-24H,3-8,11-14,20H2,1-2H3. The van der Waals surface area contributed by atoms with E-state index in [2.05, 4.69) is 53.2 Å². The lowest BCUT2D eigenvalue weighted by atomic mass is 9.88. The Bertz CT molecular complexity index is 1160. The molecule has 0 unspecified atom stereocenters. The fourth-order valence-electron chi connectivity index (χ4n) is 6.00. The molecule has 0 bridgehead atoms. The van der Waals surface area contributed by atoms with Crippen LogP contribution in [0.15, 0.2) is 42.5 Å². The summed E-state index contributed by atoms with van der Waals surface area (Å²) in [6.07, 6.45) is 11.9. The van der Waals surface area contributed by atoms with Gasteiger partial charge in [-0.2, -0.15) is 0 Å². The van der Waals surface area contributed by atoms with Crippen LogP contribution in [0.2, 0.25) is 0 Å². The summed E-state index contributed by atoms with van der Waals surface area (Å²) in [6.45, 7) is 4.21. The van der Waals surface area contributed by atoms with Crippen molar-refractivity contribution < 1.29 is 9.53 Å². The van der Waals surface area contributed by atoms with Crippen molar-refractivity contribution in [3.8, 4) is 17.1 Å². The van der Waals surface area contributed by atoms with E-state index in [1.165, 1.54) is 44.1 Å². The smallest absolute Gasteiger partial charge is 0.261 e. The Hall–Kier alpha value is -2.95. The summed E-state index contributed by atoms with van der Waals surface area (Å²) in [6, 6.07) is 15.2. The number of hydrogen-bond donors (Lipinski definition) is 0. The van der Waals surface area contributed by atoms with E-state index in [0.717, 1.165) is 53.3 Å². The monoisotopic (exact) mass is 471 g/mol. The van der Waals surface area contributed by atoms with Gasteiger partial charge in [0, 0.05) is 28.4 Å². The molecule has 184 valence electrons. The second-order valence-electron chi connectivity index (χ2n) is 10.4. The number of benzene rings is 2. The van der Waals surface area contributed by atoms with Crippen LogP contribution in [0.4, 0.5) is 0 Å². The second-order valence-corrected chi connectivity index (χ2v) is 10.4. The molecule has 1 aromatic heterocycles. The summed E-state index contributed by atoms with van der Waals surface area (Å²) in [5, 5.41) is 10.9. The van der Waals surface area contributed by atoms with Gasteiger partial charge in [-0.15, -0.1) is 10.2 Å². The zero-order valence-electron chi connectivity index (χ0n) is 21.1. The maximum atomic E-state index is 13.6. The van der Waals surface area contributed by atoms with Crippen molar-refractivity contribution in [1.82, 2.24) is 15.1 Å². The number of hydrogen-bond acceptors (Lipinski definition) is 4. The zero-order valence-corrected chi connectivity index (χ0v) is 21.1. The minimum atomic E-state index is 0.0223. The molecule has 0 atom stereocenters. The first-order valence-electron chi connectivity index (χ1n) is 13.4. The van der Waals surface area contributed by atoms with Crippen LogP contribution in [-0.4, -0.2) is 39.7 Å². The molecule has 3 aromatic rings. The number of aryl methyl sites for hydroxylation is 2. The fraction of sp³-hybridized carbons (Fsp3) is 0.500. The van der Waals surface area contributed by atoms with Crippen molar-refractivity contribution in [1.29, 1.82) is 0 Å². The van der Waals surface area contributed by atoms with E-state index >= 15 is 0 Å². The SMILES string of the molecule is Cc1ccc(C)c(-c2nnc(OCC(=O)N(C3CCCCC3)C3CCCCC3)c3ccccc23)c1. The molecule has 5 heteroatoms. The predicted molar refractivity (Wildman–Crippen MR) is 141 cm³/mol. The fourth-order valence-corrected chi connectivity index (χ4v) is 6.00. The molecule has 0 saturated heterocycles. The van der Waals surface area contributed by atoms with Gasteiger partial charge in [-0.05, 0) is 57.2 Å². The quantitative estimate of drug-likeness (QED) is 0.397. The van der Waals surface area contributed by atoms with Crippen molar-refractivity contribution in [2.75, 3.05) is 6.61 Å². The Morgan fingerprint density at radius 2 is 1.49 bits per heavy atom. The van der Waals surface area contributed by atoms with E-state index in [0.29, 0.717) is 18.0 Å². The average molecular weight is 472 g/mol. The molecule has 2 aliphatic rings. The van der Waals surface area contributed by atoms with Crippen LogP contribution in [0.25, 0.3) is 22.0 Å². The third-order valence-corrected chi connectivity index (χ3v) is 7.86. The van der Waals surface area contributed by atoms with E-state index < -0.39 is 0 Å². The minimum Gasteiger partial charge on any atom is -0.466 e. The van der Waals surface area contributed by atoms with Gasteiger partial charge in [0.1, 0.15) is 5.69 Å². The molecule has 2 aromatic carbocycles. The molecule has 5 nitrogen and oxygen atoms in total. The van der Waals surface area contributed by atoms with Crippen LogP contribution in [-0.2, 0) is 4.79 Å². The van der Waals surface area contributed by atoms with Crippen LogP contribution in [0, 0.1) is 13.8 Å². The molecule has 5 rings (SSSR count).